The van der Waals surface area contributed by atoms with Crippen molar-refractivity contribution >= 4 is 22.5 Å². The number of benzene rings is 1. The highest BCUT2D eigenvalue weighted by atomic mass is 19.1. The molecule has 0 amide bonds. The van der Waals surface area contributed by atoms with E-state index in [0.29, 0.717) is 34.3 Å². The molecule has 33 heavy (non-hydrogen) atoms. The van der Waals surface area contributed by atoms with Crippen LogP contribution in [0, 0.1) is 17.1 Å². The second-order valence-corrected chi connectivity index (χ2v) is 7.85. The minimum absolute atomic E-state index is 0.258. The summed E-state index contributed by atoms with van der Waals surface area (Å²) in [5, 5.41) is 20.3. The molecule has 0 unspecified atom stereocenters. The number of pyridine rings is 1. The molecule has 4 heterocycles. The maximum Gasteiger partial charge on any atom is 0.153 e. The monoisotopic (exact) mass is 444 g/mol. The van der Waals surface area contributed by atoms with E-state index in [-0.39, 0.29) is 5.69 Å². The van der Waals surface area contributed by atoms with Crippen LogP contribution in [-0.4, -0.2) is 62.5 Å². The molecule has 1 aliphatic heterocycles. The third-order valence-electron chi connectivity index (χ3n) is 5.68. The smallest absolute Gasteiger partial charge is 0.153 e. The first-order valence-electron chi connectivity index (χ1n) is 10.5. The van der Waals surface area contributed by atoms with Gasteiger partial charge < -0.3 is 10.1 Å². The number of hydrogen-bond donors (Lipinski definition) is 1. The van der Waals surface area contributed by atoms with Gasteiger partial charge in [-0.2, -0.15) is 10.4 Å². The normalized spacial score (nSPS) is 14.2. The average Bonchev–Trinajstić information content (AvgIpc) is 3.22. The standard InChI is InChI=1S/C23H21FN8O/c1-33-17-12-31(13-17)7-6-16-3-4-22(30-29-16)28-19-9-20-21(8-18(19)24)32(14-27-20)23-5-2-15(10-25)11-26-23/h2-5,8-9,11,14,17H,6-7,12-13H2,1H3,(H,28,30). The van der Waals surface area contributed by atoms with Gasteiger partial charge in [0.15, 0.2) is 5.82 Å². The third kappa shape index (κ3) is 4.37. The zero-order valence-electron chi connectivity index (χ0n) is 17.9. The van der Waals surface area contributed by atoms with Crippen molar-refractivity contribution in [1.29, 1.82) is 5.26 Å². The van der Waals surface area contributed by atoms with Crippen LogP contribution in [0.5, 0.6) is 0 Å². The SMILES string of the molecule is COC1CN(CCc2ccc(Nc3cc4ncn(-c5ccc(C#N)cn5)c4cc3F)nn2)C1. The Hall–Kier alpha value is -3.94. The van der Waals surface area contributed by atoms with E-state index < -0.39 is 5.82 Å². The van der Waals surface area contributed by atoms with Crippen LogP contribution in [-0.2, 0) is 11.2 Å². The van der Waals surface area contributed by atoms with E-state index >= 15 is 0 Å². The van der Waals surface area contributed by atoms with Crippen LogP contribution in [0.15, 0.2) is 48.9 Å². The molecule has 0 bridgehead atoms. The molecule has 1 aliphatic rings. The number of nitrogens with zero attached hydrogens (tertiary/aromatic N) is 7. The first-order valence-corrected chi connectivity index (χ1v) is 10.5. The van der Waals surface area contributed by atoms with Gasteiger partial charge in [-0.3, -0.25) is 9.47 Å². The summed E-state index contributed by atoms with van der Waals surface area (Å²) < 4.78 is 21.8. The van der Waals surface area contributed by atoms with Gasteiger partial charge in [0.1, 0.15) is 24.0 Å². The van der Waals surface area contributed by atoms with Crippen LogP contribution in [0.1, 0.15) is 11.3 Å². The number of methoxy groups -OCH3 is 1. The van der Waals surface area contributed by atoms with E-state index in [1.54, 1.807) is 42.3 Å². The number of aromatic nitrogens is 5. The largest absolute Gasteiger partial charge is 0.379 e. The Morgan fingerprint density at radius 2 is 2.06 bits per heavy atom. The Morgan fingerprint density at radius 1 is 1.18 bits per heavy atom. The quantitative estimate of drug-likeness (QED) is 0.464. The maximum absolute atomic E-state index is 14.9. The van der Waals surface area contributed by atoms with Gasteiger partial charge >= 0.3 is 0 Å². The summed E-state index contributed by atoms with van der Waals surface area (Å²) >= 11 is 0. The summed E-state index contributed by atoms with van der Waals surface area (Å²) in [6.07, 6.45) is 4.17. The van der Waals surface area contributed by atoms with Crippen molar-refractivity contribution in [2.75, 3.05) is 32.1 Å². The second kappa shape index (κ2) is 8.90. The van der Waals surface area contributed by atoms with Gasteiger partial charge in [-0.1, -0.05) is 0 Å². The van der Waals surface area contributed by atoms with Crippen LogP contribution in [0.4, 0.5) is 15.9 Å². The fourth-order valence-corrected chi connectivity index (χ4v) is 3.73. The number of anilines is 2. The molecule has 0 radical (unpaired) electrons. The second-order valence-electron chi connectivity index (χ2n) is 7.85. The van der Waals surface area contributed by atoms with Crippen molar-refractivity contribution in [3.05, 3.63) is 66.0 Å². The zero-order valence-corrected chi connectivity index (χ0v) is 17.9. The summed E-state index contributed by atoms with van der Waals surface area (Å²) in [5.41, 5.74) is 2.75. The predicted molar refractivity (Wildman–Crippen MR) is 120 cm³/mol. The van der Waals surface area contributed by atoms with Crippen molar-refractivity contribution < 1.29 is 9.13 Å². The molecular formula is C23H21FN8O. The number of nitriles is 1. The van der Waals surface area contributed by atoms with Crippen LogP contribution in [0.3, 0.4) is 0 Å². The van der Waals surface area contributed by atoms with E-state index in [2.05, 4.69) is 30.4 Å². The number of halogens is 1. The number of fused-ring (bicyclic) bond motifs is 1. The van der Waals surface area contributed by atoms with Crippen LogP contribution < -0.4 is 5.32 Å². The first-order chi connectivity index (χ1) is 16.1. The summed E-state index contributed by atoms with van der Waals surface area (Å²) in [6, 6.07) is 12.1. The topological polar surface area (TPSA) is 105 Å². The Bertz CT molecular complexity index is 1310. The lowest BCUT2D eigenvalue weighted by molar-refractivity contribution is -0.0285. The molecule has 10 heteroatoms. The molecule has 1 aromatic carbocycles. The predicted octanol–water partition coefficient (Wildman–Crippen LogP) is 2.84. The molecule has 0 atom stereocenters. The van der Waals surface area contributed by atoms with Gasteiger partial charge in [0, 0.05) is 45.4 Å². The van der Waals surface area contributed by atoms with Gasteiger partial charge in [0.25, 0.3) is 0 Å². The third-order valence-corrected chi connectivity index (χ3v) is 5.68. The molecular weight excluding hydrogens is 423 g/mol. The zero-order chi connectivity index (χ0) is 22.8. The van der Waals surface area contributed by atoms with Gasteiger partial charge in [0.2, 0.25) is 0 Å². The molecule has 0 saturated carbocycles. The Morgan fingerprint density at radius 3 is 2.76 bits per heavy atom. The van der Waals surface area contributed by atoms with E-state index in [0.717, 1.165) is 31.7 Å². The number of ether oxygens (including phenoxy) is 1. The van der Waals surface area contributed by atoms with Gasteiger partial charge in [-0.25, -0.2) is 14.4 Å². The highest BCUT2D eigenvalue weighted by Crippen LogP contribution is 2.26. The first kappa shape index (κ1) is 20.9. The summed E-state index contributed by atoms with van der Waals surface area (Å²) in [4.78, 5) is 10.9. The van der Waals surface area contributed by atoms with Crippen LogP contribution >= 0.6 is 0 Å². The van der Waals surface area contributed by atoms with E-state index in [1.807, 2.05) is 12.1 Å². The highest BCUT2D eigenvalue weighted by molar-refractivity contribution is 5.82. The fraction of sp³-hybridized carbons (Fsp3) is 0.261. The number of likely N-dealkylation sites (tertiary alicyclic amines) is 1. The number of hydrogen-bond acceptors (Lipinski definition) is 8. The van der Waals surface area contributed by atoms with Crippen LogP contribution in [0.2, 0.25) is 0 Å². The molecule has 1 saturated heterocycles. The molecule has 0 aliphatic carbocycles. The Balaban J connectivity index is 1.28. The molecule has 9 nitrogen and oxygen atoms in total. The van der Waals surface area contributed by atoms with E-state index in [1.165, 1.54) is 12.3 Å². The fourth-order valence-electron chi connectivity index (χ4n) is 3.73. The van der Waals surface area contributed by atoms with Crippen LogP contribution in [0.25, 0.3) is 16.9 Å². The Kier molecular flexibility index (Phi) is 5.64. The minimum atomic E-state index is -0.450. The number of imidazole rings is 1. The Labute approximate surface area is 189 Å². The van der Waals surface area contributed by atoms with Crippen molar-refractivity contribution in [2.45, 2.75) is 12.5 Å². The van der Waals surface area contributed by atoms with Gasteiger partial charge in [0.05, 0.1) is 34.1 Å². The van der Waals surface area contributed by atoms with E-state index in [4.69, 9.17) is 10.00 Å². The highest BCUT2D eigenvalue weighted by Gasteiger charge is 2.25. The summed E-state index contributed by atoms with van der Waals surface area (Å²) in [7, 11) is 1.73. The average molecular weight is 444 g/mol. The molecule has 3 aromatic heterocycles. The molecule has 4 aromatic rings. The lowest BCUT2D eigenvalue weighted by Crippen LogP contribution is -2.52. The molecule has 1 fully saturated rings. The summed E-state index contributed by atoms with van der Waals surface area (Å²) in [6.45, 7) is 2.80. The van der Waals surface area contributed by atoms with E-state index in [9.17, 15) is 4.39 Å². The van der Waals surface area contributed by atoms with Crippen molar-refractivity contribution in [3.63, 3.8) is 0 Å². The van der Waals surface area contributed by atoms with Gasteiger partial charge in [-0.05, 0) is 30.3 Å². The maximum atomic E-state index is 14.9. The van der Waals surface area contributed by atoms with Crippen molar-refractivity contribution in [2.24, 2.45) is 0 Å². The minimum Gasteiger partial charge on any atom is -0.379 e. The van der Waals surface area contributed by atoms with Gasteiger partial charge in [-0.15, -0.1) is 5.10 Å². The molecule has 1 N–H and O–H groups in total. The number of nitrogens with one attached hydrogen (secondary N) is 1. The lowest BCUT2D eigenvalue weighted by atomic mass is 10.1. The molecule has 5 rings (SSSR count). The molecule has 0 spiro atoms. The number of rotatable bonds is 7. The molecule has 166 valence electrons. The lowest BCUT2D eigenvalue weighted by Gasteiger charge is -2.37. The van der Waals surface area contributed by atoms with Crippen molar-refractivity contribution in [1.82, 2.24) is 29.6 Å². The summed E-state index contributed by atoms with van der Waals surface area (Å²) in [5.74, 6) is 0.553. The van der Waals surface area contributed by atoms with Crippen molar-refractivity contribution in [3.8, 4) is 11.9 Å².